The smallest absolute Gasteiger partial charge is 0.331 e. The number of imidazole rings is 1. The van der Waals surface area contributed by atoms with Crippen molar-refractivity contribution in [1.82, 2.24) is 14.5 Å². The van der Waals surface area contributed by atoms with E-state index in [1.165, 1.54) is 17.0 Å². The summed E-state index contributed by atoms with van der Waals surface area (Å²) >= 11 is 5.85. The Bertz CT molecular complexity index is 785. The van der Waals surface area contributed by atoms with Gasteiger partial charge in [0.05, 0.1) is 28.4 Å². The van der Waals surface area contributed by atoms with Crippen molar-refractivity contribution >= 4 is 17.5 Å². The molecule has 1 aliphatic heterocycles. The molecule has 4 nitrogen and oxygen atoms in total. The Morgan fingerprint density at radius 2 is 2.08 bits per heavy atom. The van der Waals surface area contributed by atoms with E-state index in [1.54, 1.807) is 0 Å². The molecule has 1 amide bonds. The minimum Gasteiger partial charge on any atom is -0.331 e. The van der Waals surface area contributed by atoms with Crippen molar-refractivity contribution in [3.05, 3.63) is 52.1 Å². The highest BCUT2D eigenvalue weighted by Gasteiger charge is 2.35. The molecule has 1 aliphatic rings. The summed E-state index contributed by atoms with van der Waals surface area (Å²) in [5.41, 5.74) is -0.208. The first-order chi connectivity index (χ1) is 11.3. The predicted molar refractivity (Wildman–Crippen MR) is 82.8 cm³/mol. The van der Waals surface area contributed by atoms with Gasteiger partial charge in [0.2, 0.25) is 0 Å². The number of hydrogen-bond donors (Lipinski definition) is 0. The van der Waals surface area contributed by atoms with Gasteiger partial charge in [-0.2, -0.15) is 13.2 Å². The normalized spacial score (nSPS) is 14.6. The van der Waals surface area contributed by atoms with Crippen molar-refractivity contribution in [2.24, 2.45) is 0 Å². The molecule has 24 heavy (non-hydrogen) atoms. The fourth-order valence-electron chi connectivity index (χ4n) is 2.74. The molecule has 0 bridgehead atoms. The third-order valence-corrected chi connectivity index (χ3v) is 4.44. The van der Waals surface area contributed by atoms with E-state index in [-0.39, 0.29) is 12.1 Å². The first-order valence-corrected chi connectivity index (χ1v) is 7.89. The van der Waals surface area contributed by atoms with Gasteiger partial charge in [0.25, 0.3) is 5.91 Å². The highest BCUT2D eigenvalue weighted by atomic mass is 35.5. The van der Waals surface area contributed by atoms with Crippen LogP contribution < -0.4 is 0 Å². The summed E-state index contributed by atoms with van der Waals surface area (Å²) in [5, 5.41) is -0.557. The van der Waals surface area contributed by atoms with Gasteiger partial charge >= 0.3 is 6.18 Å². The standard InChI is InChI=1S/C16H15ClF3N3O/c1-2-10-8-22-6-7-23(9-13(22)21-10)15(24)11-4-3-5-12(14(11)17)16(18,19)20/h3-5,8H,2,6-7,9H2,1H3. The van der Waals surface area contributed by atoms with Crippen LogP contribution in [0.15, 0.2) is 24.4 Å². The van der Waals surface area contributed by atoms with E-state index in [0.717, 1.165) is 24.0 Å². The quantitative estimate of drug-likeness (QED) is 0.820. The first kappa shape index (κ1) is 16.8. The lowest BCUT2D eigenvalue weighted by Gasteiger charge is -2.28. The highest BCUT2D eigenvalue weighted by Crippen LogP contribution is 2.36. The fourth-order valence-corrected chi connectivity index (χ4v) is 3.06. The largest absolute Gasteiger partial charge is 0.417 e. The van der Waals surface area contributed by atoms with Crippen LogP contribution in [0.1, 0.15) is 34.4 Å². The SMILES string of the molecule is CCc1cn2c(n1)CN(C(=O)c1cccc(C(F)(F)F)c1Cl)CC2. The lowest BCUT2D eigenvalue weighted by molar-refractivity contribution is -0.137. The lowest BCUT2D eigenvalue weighted by atomic mass is 10.1. The second-order valence-corrected chi connectivity index (χ2v) is 5.96. The molecule has 128 valence electrons. The monoisotopic (exact) mass is 357 g/mol. The van der Waals surface area contributed by atoms with Gasteiger partial charge in [0.1, 0.15) is 5.82 Å². The summed E-state index contributed by atoms with van der Waals surface area (Å²) in [6.45, 7) is 3.20. The number of hydrogen-bond acceptors (Lipinski definition) is 2. The summed E-state index contributed by atoms with van der Waals surface area (Å²) in [6.07, 6.45) is -1.87. The maximum atomic E-state index is 13.0. The molecular weight excluding hydrogens is 343 g/mol. The van der Waals surface area contributed by atoms with Gasteiger partial charge in [-0.25, -0.2) is 4.98 Å². The Morgan fingerprint density at radius 1 is 1.33 bits per heavy atom. The molecule has 0 fully saturated rings. The van der Waals surface area contributed by atoms with Crippen molar-refractivity contribution < 1.29 is 18.0 Å². The van der Waals surface area contributed by atoms with Crippen molar-refractivity contribution in [2.75, 3.05) is 6.54 Å². The fraction of sp³-hybridized carbons (Fsp3) is 0.375. The number of aromatic nitrogens is 2. The van der Waals surface area contributed by atoms with E-state index in [9.17, 15) is 18.0 Å². The highest BCUT2D eigenvalue weighted by molar-refractivity contribution is 6.34. The van der Waals surface area contributed by atoms with Gasteiger partial charge < -0.3 is 9.47 Å². The first-order valence-electron chi connectivity index (χ1n) is 7.51. The Kier molecular flexibility index (Phi) is 4.29. The third-order valence-electron chi connectivity index (χ3n) is 4.04. The van der Waals surface area contributed by atoms with Crippen molar-refractivity contribution in [2.45, 2.75) is 32.6 Å². The second kappa shape index (κ2) is 6.12. The molecule has 2 aromatic rings. The molecule has 0 radical (unpaired) electrons. The Labute approximate surface area is 141 Å². The number of amides is 1. The Hall–Kier alpha value is -2.02. The van der Waals surface area contributed by atoms with E-state index >= 15 is 0 Å². The average Bonchev–Trinajstić information content (AvgIpc) is 2.95. The maximum Gasteiger partial charge on any atom is 0.417 e. The summed E-state index contributed by atoms with van der Waals surface area (Å²) in [7, 11) is 0. The van der Waals surface area contributed by atoms with Crippen LogP contribution in [0.3, 0.4) is 0 Å². The summed E-state index contributed by atoms with van der Waals surface area (Å²) in [4.78, 5) is 18.5. The molecule has 0 saturated heterocycles. The van der Waals surface area contributed by atoms with Gasteiger partial charge in [-0.05, 0) is 18.6 Å². The second-order valence-electron chi connectivity index (χ2n) is 5.59. The molecule has 3 rings (SSSR count). The molecule has 0 aliphatic carbocycles. The van der Waals surface area contributed by atoms with Gasteiger partial charge in [-0.1, -0.05) is 24.6 Å². The van der Waals surface area contributed by atoms with E-state index < -0.39 is 22.7 Å². The number of alkyl halides is 3. The maximum absolute atomic E-state index is 13.0. The van der Waals surface area contributed by atoms with E-state index in [0.29, 0.717) is 13.1 Å². The zero-order valence-electron chi connectivity index (χ0n) is 12.9. The van der Waals surface area contributed by atoms with Crippen LogP contribution >= 0.6 is 11.6 Å². The number of benzene rings is 1. The van der Waals surface area contributed by atoms with Crippen LogP contribution in [-0.2, 0) is 25.7 Å². The molecule has 1 aromatic heterocycles. The van der Waals surface area contributed by atoms with Crippen LogP contribution in [0, 0.1) is 0 Å². The third kappa shape index (κ3) is 3.00. The minimum atomic E-state index is -4.60. The van der Waals surface area contributed by atoms with Gasteiger partial charge in [-0.3, -0.25) is 4.79 Å². The van der Waals surface area contributed by atoms with E-state index in [1.807, 2.05) is 17.7 Å². The number of carbonyl (C=O) groups excluding carboxylic acids is 1. The van der Waals surface area contributed by atoms with Gasteiger partial charge in [0.15, 0.2) is 0 Å². The average molecular weight is 358 g/mol. The van der Waals surface area contributed by atoms with Crippen LogP contribution in [-0.4, -0.2) is 26.9 Å². The number of halogens is 4. The van der Waals surface area contributed by atoms with E-state index in [4.69, 9.17) is 11.6 Å². The Balaban J connectivity index is 1.88. The molecule has 0 spiro atoms. The molecule has 0 N–H and O–H groups in total. The van der Waals surface area contributed by atoms with Crippen LogP contribution in [0.4, 0.5) is 13.2 Å². The molecule has 0 atom stereocenters. The number of carbonyl (C=O) groups is 1. The van der Waals surface area contributed by atoms with E-state index in [2.05, 4.69) is 4.98 Å². The summed E-state index contributed by atoms with van der Waals surface area (Å²) < 4.78 is 40.8. The molecule has 0 saturated carbocycles. The summed E-state index contributed by atoms with van der Waals surface area (Å²) in [6, 6.07) is 3.38. The van der Waals surface area contributed by atoms with Crippen LogP contribution in [0.25, 0.3) is 0 Å². The Morgan fingerprint density at radius 3 is 2.75 bits per heavy atom. The molecular formula is C16H15ClF3N3O. The van der Waals surface area contributed by atoms with Gasteiger partial charge in [0, 0.05) is 19.3 Å². The molecule has 0 unspecified atom stereocenters. The molecule has 2 heterocycles. The van der Waals surface area contributed by atoms with Crippen molar-refractivity contribution in [3.8, 4) is 0 Å². The number of aryl methyl sites for hydroxylation is 1. The van der Waals surface area contributed by atoms with Crippen molar-refractivity contribution in [3.63, 3.8) is 0 Å². The van der Waals surface area contributed by atoms with Gasteiger partial charge in [-0.15, -0.1) is 0 Å². The van der Waals surface area contributed by atoms with Crippen LogP contribution in [0.2, 0.25) is 5.02 Å². The molecule has 1 aromatic carbocycles. The van der Waals surface area contributed by atoms with Crippen molar-refractivity contribution in [1.29, 1.82) is 0 Å². The zero-order chi connectivity index (χ0) is 17.5. The number of nitrogens with zero attached hydrogens (tertiary/aromatic N) is 3. The zero-order valence-corrected chi connectivity index (χ0v) is 13.7. The summed E-state index contributed by atoms with van der Waals surface area (Å²) in [5.74, 6) is 0.216. The van der Waals surface area contributed by atoms with Crippen LogP contribution in [0.5, 0.6) is 0 Å². The number of rotatable bonds is 2. The topological polar surface area (TPSA) is 38.1 Å². The molecule has 8 heteroatoms. The minimum absolute atomic E-state index is 0.137. The number of fused-ring (bicyclic) bond motifs is 1. The predicted octanol–water partition coefficient (Wildman–Crippen LogP) is 3.77. The lowest BCUT2D eigenvalue weighted by Crippen LogP contribution is -2.38.